The number of carboxylic acid groups (broad SMARTS) is 1. The molecule has 0 aromatic carbocycles. The van der Waals surface area contributed by atoms with Gasteiger partial charge in [0.2, 0.25) is 10.0 Å². The molecule has 0 bridgehead atoms. The minimum Gasteiger partial charge on any atom is -0.481 e. The van der Waals surface area contributed by atoms with Crippen LogP contribution in [0.25, 0.3) is 0 Å². The van der Waals surface area contributed by atoms with Crippen LogP contribution in [0.2, 0.25) is 0 Å². The number of rotatable bonds is 11. The molecule has 1 aliphatic rings. The predicted octanol–water partition coefficient (Wildman–Crippen LogP) is 1.99. The van der Waals surface area contributed by atoms with Crippen molar-refractivity contribution in [3.8, 4) is 0 Å². The molecule has 0 aromatic heterocycles. The SMILES string of the molecule is CCC(CCNS(=O)(=O)CCC1CC1)CCC(=O)O. The van der Waals surface area contributed by atoms with Crippen molar-refractivity contribution in [2.45, 2.75) is 51.9 Å². The summed E-state index contributed by atoms with van der Waals surface area (Å²) in [5.74, 6) is 0.338. The van der Waals surface area contributed by atoms with E-state index < -0.39 is 16.0 Å². The minimum atomic E-state index is -3.14. The van der Waals surface area contributed by atoms with Gasteiger partial charge in [-0.25, -0.2) is 13.1 Å². The van der Waals surface area contributed by atoms with Crippen molar-refractivity contribution in [2.24, 2.45) is 11.8 Å². The molecule has 1 atom stereocenters. The molecule has 19 heavy (non-hydrogen) atoms. The molecule has 0 radical (unpaired) electrons. The molecule has 0 aromatic rings. The second kappa shape index (κ2) is 7.85. The highest BCUT2D eigenvalue weighted by Crippen LogP contribution is 2.32. The monoisotopic (exact) mass is 291 g/mol. The fourth-order valence-corrected chi connectivity index (χ4v) is 3.32. The largest absolute Gasteiger partial charge is 0.481 e. The van der Waals surface area contributed by atoms with E-state index in [1.807, 2.05) is 6.92 Å². The quantitative estimate of drug-likeness (QED) is 0.610. The van der Waals surface area contributed by atoms with E-state index in [-0.39, 0.29) is 18.1 Å². The molecule has 112 valence electrons. The van der Waals surface area contributed by atoms with Gasteiger partial charge in [-0.05, 0) is 31.1 Å². The van der Waals surface area contributed by atoms with Crippen molar-refractivity contribution in [2.75, 3.05) is 12.3 Å². The van der Waals surface area contributed by atoms with E-state index in [4.69, 9.17) is 5.11 Å². The maximum atomic E-state index is 11.7. The van der Waals surface area contributed by atoms with Crippen LogP contribution in [0, 0.1) is 11.8 Å². The third kappa shape index (κ3) is 8.21. The summed E-state index contributed by atoms with van der Waals surface area (Å²) in [7, 11) is -3.14. The summed E-state index contributed by atoms with van der Waals surface area (Å²) >= 11 is 0. The van der Waals surface area contributed by atoms with Gasteiger partial charge in [0.15, 0.2) is 0 Å². The van der Waals surface area contributed by atoms with Crippen molar-refractivity contribution >= 4 is 16.0 Å². The Morgan fingerprint density at radius 2 is 2.05 bits per heavy atom. The second-order valence-corrected chi connectivity index (χ2v) is 7.37. The number of sulfonamides is 1. The smallest absolute Gasteiger partial charge is 0.303 e. The molecule has 0 heterocycles. The molecule has 6 heteroatoms. The van der Waals surface area contributed by atoms with Crippen LogP contribution in [-0.4, -0.2) is 31.8 Å². The Labute approximate surface area is 115 Å². The van der Waals surface area contributed by atoms with Gasteiger partial charge in [0.25, 0.3) is 0 Å². The number of carboxylic acids is 1. The molecular formula is C13H25NO4S. The average Bonchev–Trinajstić information content (AvgIpc) is 3.14. The van der Waals surface area contributed by atoms with Crippen molar-refractivity contribution in [3.63, 3.8) is 0 Å². The van der Waals surface area contributed by atoms with Crippen LogP contribution in [-0.2, 0) is 14.8 Å². The lowest BCUT2D eigenvalue weighted by molar-refractivity contribution is -0.137. The van der Waals surface area contributed by atoms with Crippen LogP contribution in [0.3, 0.4) is 0 Å². The lowest BCUT2D eigenvalue weighted by atomic mass is 9.97. The third-order valence-corrected chi connectivity index (χ3v) is 5.13. The standard InChI is InChI=1S/C13H25NO4S/c1-2-11(5-6-13(15)16)7-9-14-19(17,18)10-8-12-3-4-12/h11-12,14H,2-10H2,1H3,(H,15,16). The Kier molecular flexibility index (Phi) is 6.79. The summed E-state index contributed by atoms with van der Waals surface area (Å²) in [4.78, 5) is 10.5. The van der Waals surface area contributed by atoms with Crippen LogP contribution < -0.4 is 4.72 Å². The summed E-state index contributed by atoms with van der Waals surface area (Å²) in [6.07, 6.45) is 5.49. The number of hydrogen-bond donors (Lipinski definition) is 2. The lowest BCUT2D eigenvalue weighted by Crippen LogP contribution is -2.28. The zero-order chi connectivity index (χ0) is 14.3. The molecule has 2 N–H and O–H groups in total. The van der Waals surface area contributed by atoms with E-state index in [2.05, 4.69) is 4.72 Å². The highest BCUT2D eigenvalue weighted by atomic mass is 32.2. The highest BCUT2D eigenvalue weighted by Gasteiger charge is 2.23. The van der Waals surface area contributed by atoms with Crippen LogP contribution in [0.1, 0.15) is 51.9 Å². The molecule has 0 spiro atoms. The highest BCUT2D eigenvalue weighted by molar-refractivity contribution is 7.89. The Morgan fingerprint density at radius 1 is 1.37 bits per heavy atom. The van der Waals surface area contributed by atoms with Gasteiger partial charge < -0.3 is 5.11 Å². The maximum absolute atomic E-state index is 11.7. The van der Waals surface area contributed by atoms with E-state index in [0.717, 1.165) is 12.8 Å². The maximum Gasteiger partial charge on any atom is 0.303 e. The van der Waals surface area contributed by atoms with Gasteiger partial charge in [0.05, 0.1) is 5.75 Å². The molecule has 0 amide bonds. The fourth-order valence-electron chi connectivity index (χ4n) is 2.10. The van der Waals surface area contributed by atoms with Gasteiger partial charge in [-0.1, -0.05) is 26.2 Å². The topological polar surface area (TPSA) is 83.5 Å². The molecule has 1 unspecified atom stereocenters. The first-order valence-electron chi connectivity index (χ1n) is 7.12. The van der Waals surface area contributed by atoms with Gasteiger partial charge in [-0.15, -0.1) is 0 Å². The molecule has 0 saturated heterocycles. The molecule has 5 nitrogen and oxygen atoms in total. The first-order valence-corrected chi connectivity index (χ1v) is 8.77. The Hall–Kier alpha value is -0.620. The molecular weight excluding hydrogens is 266 g/mol. The van der Waals surface area contributed by atoms with Gasteiger partial charge in [0, 0.05) is 13.0 Å². The summed E-state index contributed by atoms with van der Waals surface area (Å²) < 4.78 is 26.0. The van der Waals surface area contributed by atoms with E-state index in [1.54, 1.807) is 0 Å². The molecule has 0 aliphatic heterocycles. The molecule has 1 rings (SSSR count). The Balaban J connectivity index is 2.16. The number of aliphatic carboxylic acids is 1. The number of hydrogen-bond acceptors (Lipinski definition) is 3. The number of carbonyl (C=O) groups is 1. The normalized spacial score (nSPS) is 17.3. The van der Waals surface area contributed by atoms with Crippen LogP contribution in [0.4, 0.5) is 0 Å². The van der Waals surface area contributed by atoms with Gasteiger partial charge in [-0.2, -0.15) is 0 Å². The van der Waals surface area contributed by atoms with E-state index in [1.165, 1.54) is 12.8 Å². The molecule has 1 aliphatic carbocycles. The van der Waals surface area contributed by atoms with Gasteiger partial charge in [-0.3, -0.25) is 4.79 Å². The zero-order valence-corrected chi connectivity index (χ0v) is 12.4. The second-order valence-electron chi connectivity index (χ2n) is 5.44. The predicted molar refractivity (Wildman–Crippen MR) is 74.4 cm³/mol. The van der Waals surface area contributed by atoms with Crippen LogP contribution >= 0.6 is 0 Å². The van der Waals surface area contributed by atoms with Gasteiger partial charge >= 0.3 is 5.97 Å². The third-order valence-electron chi connectivity index (χ3n) is 3.71. The number of nitrogens with one attached hydrogen (secondary N) is 1. The van der Waals surface area contributed by atoms with Crippen molar-refractivity contribution in [1.82, 2.24) is 4.72 Å². The van der Waals surface area contributed by atoms with Crippen molar-refractivity contribution in [3.05, 3.63) is 0 Å². The lowest BCUT2D eigenvalue weighted by Gasteiger charge is -2.14. The van der Waals surface area contributed by atoms with Crippen molar-refractivity contribution < 1.29 is 18.3 Å². The zero-order valence-electron chi connectivity index (χ0n) is 11.6. The minimum absolute atomic E-state index is 0.160. The summed E-state index contributed by atoms with van der Waals surface area (Å²) in [6.45, 7) is 2.43. The molecule has 1 fully saturated rings. The van der Waals surface area contributed by atoms with Crippen molar-refractivity contribution in [1.29, 1.82) is 0 Å². The summed E-state index contributed by atoms with van der Waals surface area (Å²) in [5.41, 5.74) is 0. The Bertz CT molecular complexity index is 376. The van der Waals surface area contributed by atoms with Crippen LogP contribution in [0.5, 0.6) is 0 Å². The first-order chi connectivity index (χ1) is 8.93. The van der Waals surface area contributed by atoms with Gasteiger partial charge in [0.1, 0.15) is 0 Å². The average molecular weight is 291 g/mol. The Morgan fingerprint density at radius 3 is 2.58 bits per heavy atom. The van der Waals surface area contributed by atoms with E-state index in [9.17, 15) is 13.2 Å². The fraction of sp³-hybridized carbons (Fsp3) is 0.923. The van der Waals surface area contributed by atoms with E-state index >= 15 is 0 Å². The summed E-state index contributed by atoms with van der Waals surface area (Å²) in [6, 6.07) is 0. The molecule has 1 saturated carbocycles. The first kappa shape index (κ1) is 16.4. The van der Waals surface area contributed by atoms with E-state index in [0.29, 0.717) is 25.3 Å². The summed E-state index contributed by atoms with van der Waals surface area (Å²) in [5, 5.41) is 8.63. The van der Waals surface area contributed by atoms with Crippen LogP contribution in [0.15, 0.2) is 0 Å².